The largest absolute Gasteiger partial charge is 0.272 e. The summed E-state index contributed by atoms with van der Waals surface area (Å²) in [4.78, 5) is 0. The monoisotopic (exact) mass is 243 g/mol. The molecule has 1 aliphatic rings. The van der Waals surface area contributed by atoms with Gasteiger partial charge in [-0.2, -0.15) is 9.40 Å². The highest BCUT2D eigenvalue weighted by Crippen LogP contribution is 2.22. The van der Waals surface area contributed by atoms with Crippen molar-refractivity contribution in [1.29, 1.82) is 0 Å². The fourth-order valence-corrected chi connectivity index (χ4v) is 3.05. The van der Waals surface area contributed by atoms with Crippen molar-refractivity contribution in [3.63, 3.8) is 0 Å². The van der Waals surface area contributed by atoms with Crippen molar-refractivity contribution in [2.45, 2.75) is 26.3 Å². The Morgan fingerprint density at radius 1 is 1.38 bits per heavy atom. The second-order valence-corrected chi connectivity index (χ2v) is 6.32. The molecule has 0 aromatic carbocycles. The highest BCUT2D eigenvalue weighted by atomic mass is 32.2. The molecule has 0 aliphatic carbocycles. The molecular formula is C10H17N3O2S. The van der Waals surface area contributed by atoms with Gasteiger partial charge < -0.3 is 0 Å². The van der Waals surface area contributed by atoms with Gasteiger partial charge in [0.25, 0.3) is 0 Å². The maximum absolute atomic E-state index is 11.6. The Morgan fingerprint density at radius 3 is 2.69 bits per heavy atom. The lowest BCUT2D eigenvalue weighted by molar-refractivity contribution is 0.412. The molecule has 2 rings (SSSR count). The molecule has 6 heteroatoms. The first-order valence-corrected chi connectivity index (χ1v) is 7.21. The molecule has 0 N–H and O–H groups in total. The molecule has 2 heterocycles. The zero-order valence-corrected chi connectivity index (χ0v) is 10.7. The van der Waals surface area contributed by atoms with Crippen molar-refractivity contribution in [1.82, 2.24) is 14.1 Å². The van der Waals surface area contributed by atoms with Gasteiger partial charge in [0, 0.05) is 31.4 Å². The van der Waals surface area contributed by atoms with Crippen LogP contribution in [0.1, 0.15) is 23.4 Å². The van der Waals surface area contributed by atoms with Gasteiger partial charge in [-0.3, -0.25) is 4.68 Å². The van der Waals surface area contributed by atoms with Crippen LogP contribution in [0.25, 0.3) is 0 Å². The van der Waals surface area contributed by atoms with E-state index in [1.165, 1.54) is 16.3 Å². The van der Waals surface area contributed by atoms with Crippen molar-refractivity contribution in [3.05, 3.63) is 17.0 Å². The number of sulfonamides is 1. The third-order valence-electron chi connectivity index (χ3n) is 3.10. The molecule has 0 spiro atoms. The highest BCUT2D eigenvalue weighted by molar-refractivity contribution is 7.88. The molecule has 0 saturated heterocycles. The second kappa shape index (κ2) is 3.85. The van der Waals surface area contributed by atoms with Crippen LogP contribution in [0.5, 0.6) is 0 Å². The first-order chi connectivity index (χ1) is 7.39. The van der Waals surface area contributed by atoms with Crippen LogP contribution >= 0.6 is 0 Å². The normalized spacial score (nSPS) is 18.2. The van der Waals surface area contributed by atoms with E-state index in [1.807, 2.05) is 18.7 Å². The predicted octanol–water partition coefficient (Wildman–Crippen LogP) is 0.436. The summed E-state index contributed by atoms with van der Waals surface area (Å²) in [7, 11) is -1.18. The third-order valence-corrected chi connectivity index (χ3v) is 4.35. The summed E-state index contributed by atoms with van der Waals surface area (Å²) in [5, 5.41) is 4.35. The average Bonchev–Trinajstić information content (AvgIpc) is 2.40. The summed E-state index contributed by atoms with van der Waals surface area (Å²) in [5.74, 6) is 0. The minimum Gasteiger partial charge on any atom is -0.272 e. The molecule has 1 aromatic heterocycles. The van der Waals surface area contributed by atoms with E-state index in [0.29, 0.717) is 13.1 Å². The van der Waals surface area contributed by atoms with Crippen molar-refractivity contribution in [2.75, 3.05) is 12.8 Å². The smallest absolute Gasteiger partial charge is 0.211 e. The van der Waals surface area contributed by atoms with E-state index in [1.54, 1.807) is 0 Å². The number of hydrogen-bond acceptors (Lipinski definition) is 3. The lowest BCUT2D eigenvalue weighted by Gasteiger charge is -2.16. The van der Waals surface area contributed by atoms with Gasteiger partial charge in [0.2, 0.25) is 10.0 Å². The van der Waals surface area contributed by atoms with E-state index in [4.69, 9.17) is 0 Å². The Balaban J connectivity index is 2.41. The topological polar surface area (TPSA) is 55.2 Å². The zero-order valence-electron chi connectivity index (χ0n) is 9.89. The fourth-order valence-electron chi connectivity index (χ4n) is 2.23. The Hall–Kier alpha value is -0.880. The van der Waals surface area contributed by atoms with E-state index >= 15 is 0 Å². The molecule has 0 fully saturated rings. The lowest BCUT2D eigenvalue weighted by Crippen LogP contribution is -2.29. The predicted molar refractivity (Wildman–Crippen MR) is 61.5 cm³/mol. The number of hydrogen-bond donors (Lipinski definition) is 0. The van der Waals surface area contributed by atoms with Gasteiger partial charge in [-0.05, 0) is 19.8 Å². The van der Waals surface area contributed by atoms with Gasteiger partial charge in [-0.25, -0.2) is 8.42 Å². The third kappa shape index (κ3) is 1.99. The van der Waals surface area contributed by atoms with Gasteiger partial charge in [-0.15, -0.1) is 0 Å². The van der Waals surface area contributed by atoms with Crippen LogP contribution in [-0.4, -0.2) is 35.3 Å². The molecule has 1 aliphatic heterocycles. The second-order valence-electron chi connectivity index (χ2n) is 4.33. The van der Waals surface area contributed by atoms with Crippen LogP contribution in [0.3, 0.4) is 0 Å². The molecule has 0 radical (unpaired) electrons. The first-order valence-electron chi connectivity index (χ1n) is 5.36. The van der Waals surface area contributed by atoms with Crippen molar-refractivity contribution in [2.24, 2.45) is 7.05 Å². The highest BCUT2D eigenvalue weighted by Gasteiger charge is 2.24. The van der Waals surface area contributed by atoms with Gasteiger partial charge in [-0.1, -0.05) is 0 Å². The minimum absolute atomic E-state index is 0.466. The van der Waals surface area contributed by atoms with E-state index < -0.39 is 10.0 Å². The summed E-state index contributed by atoms with van der Waals surface area (Å²) < 4.78 is 26.5. The molecule has 0 atom stereocenters. The molecular weight excluding hydrogens is 226 g/mol. The summed E-state index contributed by atoms with van der Waals surface area (Å²) in [5.41, 5.74) is 3.18. The number of rotatable bonds is 1. The van der Waals surface area contributed by atoms with Crippen LogP contribution in [-0.2, 0) is 30.0 Å². The summed E-state index contributed by atoms with van der Waals surface area (Å²) in [6, 6.07) is 0. The number of aromatic nitrogens is 2. The van der Waals surface area contributed by atoms with Crippen LogP contribution < -0.4 is 0 Å². The first kappa shape index (κ1) is 11.6. The van der Waals surface area contributed by atoms with Gasteiger partial charge in [0.15, 0.2) is 0 Å². The van der Waals surface area contributed by atoms with E-state index in [0.717, 1.165) is 24.1 Å². The maximum atomic E-state index is 11.6. The molecule has 0 unspecified atom stereocenters. The average molecular weight is 243 g/mol. The van der Waals surface area contributed by atoms with Crippen LogP contribution in [0.2, 0.25) is 0 Å². The van der Waals surface area contributed by atoms with Crippen LogP contribution in [0.15, 0.2) is 0 Å². The van der Waals surface area contributed by atoms with Gasteiger partial charge in [0.05, 0.1) is 11.9 Å². The molecule has 0 saturated carbocycles. The SMILES string of the molecule is Cc1nn(C)c2c1CN(S(C)(=O)=O)CCC2. The van der Waals surface area contributed by atoms with E-state index in [9.17, 15) is 8.42 Å². The van der Waals surface area contributed by atoms with Crippen molar-refractivity contribution in [3.8, 4) is 0 Å². The Labute approximate surface area is 96.1 Å². The molecule has 90 valence electrons. The van der Waals surface area contributed by atoms with Gasteiger partial charge >= 0.3 is 0 Å². The summed E-state index contributed by atoms with van der Waals surface area (Å²) in [6.07, 6.45) is 3.03. The van der Waals surface area contributed by atoms with Crippen LogP contribution in [0.4, 0.5) is 0 Å². The van der Waals surface area contributed by atoms with E-state index in [2.05, 4.69) is 5.10 Å². The Kier molecular flexibility index (Phi) is 2.79. The summed E-state index contributed by atoms with van der Waals surface area (Å²) in [6.45, 7) is 3.01. The quantitative estimate of drug-likeness (QED) is 0.719. The Morgan fingerprint density at radius 2 is 2.06 bits per heavy atom. The maximum Gasteiger partial charge on any atom is 0.211 e. The Bertz CT molecular complexity index is 504. The molecule has 1 aromatic rings. The van der Waals surface area contributed by atoms with Crippen molar-refractivity contribution >= 4 is 10.0 Å². The lowest BCUT2D eigenvalue weighted by atomic mass is 10.1. The summed E-state index contributed by atoms with van der Waals surface area (Å²) >= 11 is 0. The minimum atomic E-state index is -3.10. The molecule has 16 heavy (non-hydrogen) atoms. The molecule has 0 bridgehead atoms. The molecule has 5 nitrogen and oxygen atoms in total. The zero-order chi connectivity index (χ0) is 11.9. The van der Waals surface area contributed by atoms with Crippen molar-refractivity contribution < 1.29 is 8.42 Å². The van der Waals surface area contributed by atoms with E-state index in [-0.39, 0.29) is 0 Å². The number of nitrogens with zero attached hydrogens (tertiary/aromatic N) is 3. The molecule has 0 amide bonds. The fraction of sp³-hybridized carbons (Fsp3) is 0.700. The standard InChI is InChI=1S/C10H17N3O2S/c1-8-9-7-13(16(3,14)15)6-4-5-10(9)12(2)11-8/h4-7H2,1-3H3. The number of aryl methyl sites for hydroxylation is 2. The van der Waals surface area contributed by atoms with Crippen LogP contribution in [0, 0.1) is 6.92 Å². The number of fused-ring (bicyclic) bond motifs is 1. The van der Waals surface area contributed by atoms with Gasteiger partial charge in [0.1, 0.15) is 0 Å².